The molecule has 30 heavy (non-hydrogen) atoms. The predicted octanol–water partition coefficient (Wildman–Crippen LogP) is 5.61. The summed E-state index contributed by atoms with van der Waals surface area (Å²) in [6.45, 7) is 0.265. The third-order valence-corrected chi connectivity index (χ3v) is 6.15. The number of nitro benzene ring substituents is 1. The van der Waals surface area contributed by atoms with Crippen molar-refractivity contribution in [2.24, 2.45) is 0 Å². The molecule has 0 N–H and O–H groups in total. The highest BCUT2D eigenvalue weighted by Gasteiger charge is 2.35. The van der Waals surface area contributed by atoms with Crippen LogP contribution >= 0.6 is 23.4 Å². The predicted molar refractivity (Wildman–Crippen MR) is 118 cm³/mol. The SMILES string of the molecule is O=C1CS[C@H](c2ccccc2OCc2ccc([N+](=O)[O-])cc2)N1c1ccc(Cl)cc1. The van der Waals surface area contributed by atoms with E-state index < -0.39 is 4.92 Å². The zero-order valence-electron chi connectivity index (χ0n) is 15.7. The molecule has 1 atom stereocenters. The molecule has 152 valence electrons. The average Bonchev–Trinajstić information content (AvgIpc) is 3.14. The fourth-order valence-electron chi connectivity index (χ4n) is 3.23. The Kier molecular flexibility index (Phi) is 5.92. The van der Waals surface area contributed by atoms with Crippen molar-refractivity contribution in [2.75, 3.05) is 10.7 Å². The van der Waals surface area contributed by atoms with Crippen LogP contribution in [0.3, 0.4) is 0 Å². The molecule has 0 radical (unpaired) electrons. The third kappa shape index (κ3) is 4.27. The van der Waals surface area contributed by atoms with E-state index in [4.69, 9.17) is 16.3 Å². The number of nitrogens with zero attached hydrogens (tertiary/aromatic N) is 2. The molecule has 6 nitrogen and oxygen atoms in total. The average molecular weight is 441 g/mol. The number of rotatable bonds is 6. The highest BCUT2D eigenvalue weighted by atomic mass is 35.5. The maximum atomic E-state index is 12.6. The summed E-state index contributed by atoms with van der Waals surface area (Å²) in [6, 6.07) is 21.1. The summed E-state index contributed by atoms with van der Waals surface area (Å²) in [7, 11) is 0. The molecule has 1 aliphatic heterocycles. The van der Waals surface area contributed by atoms with E-state index in [-0.39, 0.29) is 23.6 Å². The number of non-ortho nitro benzene ring substituents is 1. The van der Waals surface area contributed by atoms with Crippen molar-refractivity contribution in [1.82, 2.24) is 0 Å². The van der Waals surface area contributed by atoms with Crippen LogP contribution in [0.2, 0.25) is 5.02 Å². The van der Waals surface area contributed by atoms with Crippen LogP contribution in [-0.2, 0) is 11.4 Å². The van der Waals surface area contributed by atoms with Gasteiger partial charge in [-0.25, -0.2) is 0 Å². The molecule has 1 amide bonds. The second-order valence-corrected chi connectivity index (χ2v) is 8.16. The van der Waals surface area contributed by atoms with Crippen molar-refractivity contribution < 1.29 is 14.5 Å². The van der Waals surface area contributed by atoms with Gasteiger partial charge in [0.2, 0.25) is 5.91 Å². The molecule has 3 aromatic rings. The molecule has 0 aliphatic carbocycles. The number of para-hydroxylation sites is 1. The number of hydrogen-bond donors (Lipinski definition) is 0. The number of carbonyl (C=O) groups is 1. The second-order valence-electron chi connectivity index (χ2n) is 6.65. The van der Waals surface area contributed by atoms with Gasteiger partial charge in [-0.05, 0) is 48.0 Å². The van der Waals surface area contributed by atoms with E-state index in [2.05, 4.69) is 0 Å². The summed E-state index contributed by atoms with van der Waals surface area (Å²) in [5.74, 6) is 1.07. The molecule has 1 fully saturated rings. The molecule has 0 spiro atoms. The van der Waals surface area contributed by atoms with Crippen LogP contribution in [0, 0.1) is 10.1 Å². The van der Waals surface area contributed by atoms with Gasteiger partial charge in [0.05, 0.1) is 10.7 Å². The van der Waals surface area contributed by atoms with Crippen LogP contribution < -0.4 is 9.64 Å². The Bertz CT molecular complexity index is 1070. The van der Waals surface area contributed by atoms with E-state index in [1.807, 2.05) is 36.4 Å². The fraction of sp³-hybridized carbons (Fsp3) is 0.136. The lowest BCUT2D eigenvalue weighted by molar-refractivity contribution is -0.384. The highest BCUT2D eigenvalue weighted by molar-refractivity contribution is 8.00. The maximum Gasteiger partial charge on any atom is 0.269 e. The Hall–Kier alpha value is -3.03. The Morgan fingerprint density at radius 1 is 1.07 bits per heavy atom. The molecule has 0 aromatic heterocycles. The molecule has 1 aliphatic rings. The summed E-state index contributed by atoms with van der Waals surface area (Å²) in [5, 5.41) is 11.2. The number of nitro groups is 1. The summed E-state index contributed by atoms with van der Waals surface area (Å²) < 4.78 is 6.03. The first kappa shape index (κ1) is 20.3. The van der Waals surface area contributed by atoms with Crippen molar-refractivity contribution >= 4 is 40.6 Å². The monoisotopic (exact) mass is 440 g/mol. The van der Waals surface area contributed by atoms with Gasteiger partial charge in [0, 0.05) is 28.4 Å². The van der Waals surface area contributed by atoms with Crippen LogP contribution in [0.15, 0.2) is 72.8 Å². The van der Waals surface area contributed by atoms with Crippen molar-refractivity contribution in [3.05, 3.63) is 99.1 Å². The minimum absolute atomic E-state index is 0.0255. The zero-order chi connectivity index (χ0) is 21.1. The van der Waals surface area contributed by atoms with Gasteiger partial charge in [0.1, 0.15) is 17.7 Å². The van der Waals surface area contributed by atoms with Gasteiger partial charge in [0.25, 0.3) is 5.69 Å². The van der Waals surface area contributed by atoms with Crippen molar-refractivity contribution in [3.8, 4) is 5.75 Å². The summed E-state index contributed by atoms with van der Waals surface area (Å²) in [5.41, 5.74) is 2.54. The van der Waals surface area contributed by atoms with Crippen LogP contribution in [-0.4, -0.2) is 16.6 Å². The van der Waals surface area contributed by atoms with Gasteiger partial charge in [-0.3, -0.25) is 19.8 Å². The molecule has 0 unspecified atom stereocenters. The zero-order valence-corrected chi connectivity index (χ0v) is 17.3. The molecular weight excluding hydrogens is 424 g/mol. The van der Waals surface area contributed by atoms with E-state index in [1.165, 1.54) is 12.1 Å². The topological polar surface area (TPSA) is 72.7 Å². The molecule has 1 saturated heterocycles. The number of thioether (sulfide) groups is 1. The van der Waals surface area contributed by atoms with Crippen LogP contribution in [0.25, 0.3) is 0 Å². The summed E-state index contributed by atoms with van der Waals surface area (Å²) >= 11 is 7.53. The first-order valence-corrected chi connectivity index (χ1v) is 10.6. The number of benzene rings is 3. The third-order valence-electron chi connectivity index (χ3n) is 4.70. The number of hydrogen-bond acceptors (Lipinski definition) is 5. The quantitative estimate of drug-likeness (QED) is 0.368. The van der Waals surface area contributed by atoms with Gasteiger partial charge in [0.15, 0.2) is 0 Å². The molecule has 0 saturated carbocycles. The lowest BCUT2D eigenvalue weighted by atomic mass is 10.1. The van der Waals surface area contributed by atoms with Gasteiger partial charge in [-0.15, -0.1) is 11.8 Å². The Balaban J connectivity index is 1.57. The lowest BCUT2D eigenvalue weighted by Gasteiger charge is -2.26. The molecule has 3 aromatic carbocycles. The Labute approximate surface area is 182 Å². The van der Waals surface area contributed by atoms with E-state index in [1.54, 1.807) is 40.9 Å². The molecule has 8 heteroatoms. The van der Waals surface area contributed by atoms with E-state index in [0.29, 0.717) is 16.5 Å². The standard InChI is InChI=1S/C22H17ClN2O4S/c23-16-7-11-17(12-8-16)24-21(26)14-30-22(24)19-3-1-2-4-20(19)29-13-15-5-9-18(10-6-15)25(27)28/h1-12,22H,13-14H2/t22-/m1/s1. The van der Waals surface area contributed by atoms with Crippen LogP contribution in [0.1, 0.15) is 16.5 Å². The summed E-state index contributed by atoms with van der Waals surface area (Å²) in [4.78, 5) is 24.7. The maximum absolute atomic E-state index is 12.6. The number of halogens is 1. The highest BCUT2D eigenvalue weighted by Crippen LogP contribution is 2.45. The molecule has 0 bridgehead atoms. The lowest BCUT2D eigenvalue weighted by Crippen LogP contribution is -2.28. The van der Waals surface area contributed by atoms with Gasteiger partial charge >= 0.3 is 0 Å². The normalized spacial score (nSPS) is 16.0. The van der Waals surface area contributed by atoms with Crippen LogP contribution in [0.4, 0.5) is 11.4 Å². The minimum atomic E-state index is -0.431. The second kappa shape index (κ2) is 8.77. The Morgan fingerprint density at radius 3 is 2.47 bits per heavy atom. The van der Waals surface area contributed by atoms with Crippen molar-refractivity contribution in [2.45, 2.75) is 12.0 Å². The van der Waals surface area contributed by atoms with Gasteiger partial charge in [-0.1, -0.05) is 29.8 Å². The van der Waals surface area contributed by atoms with E-state index in [0.717, 1.165) is 16.8 Å². The smallest absolute Gasteiger partial charge is 0.269 e. The number of ether oxygens (including phenoxy) is 1. The van der Waals surface area contributed by atoms with E-state index >= 15 is 0 Å². The first-order chi connectivity index (χ1) is 14.5. The van der Waals surface area contributed by atoms with Gasteiger partial charge in [-0.2, -0.15) is 0 Å². The summed E-state index contributed by atoms with van der Waals surface area (Å²) in [6.07, 6.45) is 0. The fourth-order valence-corrected chi connectivity index (χ4v) is 4.55. The van der Waals surface area contributed by atoms with Crippen molar-refractivity contribution in [3.63, 3.8) is 0 Å². The number of amides is 1. The first-order valence-electron chi connectivity index (χ1n) is 9.17. The van der Waals surface area contributed by atoms with Gasteiger partial charge < -0.3 is 4.74 Å². The Morgan fingerprint density at radius 2 is 1.77 bits per heavy atom. The number of carbonyl (C=O) groups excluding carboxylic acids is 1. The molecule has 4 rings (SSSR count). The molecule has 1 heterocycles. The largest absolute Gasteiger partial charge is 0.489 e. The van der Waals surface area contributed by atoms with Crippen LogP contribution in [0.5, 0.6) is 5.75 Å². The van der Waals surface area contributed by atoms with E-state index in [9.17, 15) is 14.9 Å². The molecular formula is C22H17ClN2O4S. The number of anilines is 1. The minimum Gasteiger partial charge on any atom is -0.489 e. The van der Waals surface area contributed by atoms with Crippen molar-refractivity contribution in [1.29, 1.82) is 0 Å².